The van der Waals surface area contributed by atoms with E-state index >= 15 is 0 Å². The predicted molar refractivity (Wildman–Crippen MR) is 256 cm³/mol. The molecule has 0 bridgehead atoms. The normalized spacial score (nSPS) is 10.9. The summed E-state index contributed by atoms with van der Waals surface area (Å²) in [5.41, 5.74) is 12.7. The lowest BCUT2D eigenvalue weighted by Gasteiger charge is -2.25. The Balaban J connectivity index is 0.817. The third kappa shape index (κ3) is 9.26. The van der Waals surface area contributed by atoms with E-state index in [0.29, 0.717) is 18.8 Å². The molecule has 0 amide bonds. The summed E-state index contributed by atoms with van der Waals surface area (Å²) in [5.74, 6) is 1.69. The molecular weight excluding hydrogens is 781 g/mol. The van der Waals surface area contributed by atoms with Crippen molar-refractivity contribution in [3.8, 4) is 22.1 Å². The first kappa shape index (κ1) is 39.9. The van der Waals surface area contributed by atoms with Crippen LogP contribution in [-0.2, 0) is 0 Å². The van der Waals surface area contributed by atoms with Crippen molar-refractivity contribution in [2.75, 3.05) is 18.1 Å². The van der Waals surface area contributed by atoms with Gasteiger partial charge in [-0.1, -0.05) is 121 Å². The molecule has 62 heavy (non-hydrogen) atoms. The third-order valence-corrected chi connectivity index (χ3v) is 11.8. The molecule has 302 valence electrons. The number of aldehydes is 1. The van der Waals surface area contributed by atoms with Crippen molar-refractivity contribution in [1.82, 2.24) is 4.98 Å². The van der Waals surface area contributed by atoms with Crippen molar-refractivity contribution in [2.24, 2.45) is 0 Å². The van der Waals surface area contributed by atoms with Crippen molar-refractivity contribution in [3.05, 3.63) is 240 Å². The Kier molecular flexibility index (Phi) is 12.4. The fourth-order valence-corrected chi connectivity index (χ4v) is 8.62. The number of carbonyl (C=O) groups is 1. The number of carbonyl (C=O) groups excluding carboxylic acids is 1. The summed E-state index contributed by atoms with van der Waals surface area (Å²) in [4.78, 5) is 18.4. The number of anilines is 3. The zero-order valence-corrected chi connectivity index (χ0v) is 35.0. The highest BCUT2D eigenvalue weighted by Gasteiger charge is 2.17. The van der Waals surface area contributed by atoms with Gasteiger partial charge in [0.15, 0.2) is 0 Å². The molecule has 0 spiro atoms. The lowest BCUT2D eigenvalue weighted by atomic mass is 9.86. The molecule has 0 saturated heterocycles. The summed E-state index contributed by atoms with van der Waals surface area (Å²) >= 11 is 1.66. The molecule has 5 nitrogen and oxygen atoms in total. The average Bonchev–Trinajstić information content (AvgIpc) is 3.77. The fraction of sp³-hybridized carbons (Fsp3) is 0.0714. The molecule has 0 aliphatic rings. The molecule has 0 radical (unpaired) electrons. The van der Waals surface area contributed by atoms with Crippen molar-refractivity contribution in [3.63, 3.8) is 0 Å². The maximum absolute atomic E-state index is 11.3. The number of para-hydroxylation sites is 1. The monoisotopic (exact) mass is 824 g/mol. The standard InChI is InChI=1S/C56H44N2O3S/c59-40-41-23-29-48(30-24-41)58(47-21-11-4-12-22-47)49-31-25-46(26-32-49)56-57-52-36-35-51(39-53(52)62-56)61-38-14-13-37-60-50-33-27-45(28-34-50)55(44-19-9-3-10-20-44)54(42-15-5-1-6-16-42)43-17-7-2-8-18-43/h1-12,15-36,39-40H,13-14,37-38H2. The van der Waals surface area contributed by atoms with Crippen molar-refractivity contribution < 1.29 is 14.3 Å². The summed E-state index contributed by atoms with van der Waals surface area (Å²) in [6, 6.07) is 72.8. The first-order valence-electron chi connectivity index (χ1n) is 20.9. The minimum atomic E-state index is 0.601. The van der Waals surface area contributed by atoms with E-state index in [1.165, 1.54) is 22.3 Å². The highest BCUT2D eigenvalue weighted by Crippen LogP contribution is 2.39. The molecule has 0 unspecified atom stereocenters. The largest absolute Gasteiger partial charge is 0.494 e. The van der Waals surface area contributed by atoms with Crippen LogP contribution < -0.4 is 14.4 Å². The number of aromatic nitrogens is 1. The van der Waals surface area contributed by atoms with Gasteiger partial charge in [0.25, 0.3) is 0 Å². The van der Waals surface area contributed by atoms with Gasteiger partial charge in [-0.2, -0.15) is 0 Å². The Labute approximate surface area is 366 Å². The van der Waals surface area contributed by atoms with Crippen LogP contribution in [0.15, 0.2) is 212 Å². The van der Waals surface area contributed by atoms with Gasteiger partial charge in [-0.05, 0) is 137 Å². The SMILES string of the molecule is O=Cc1ccc(N(c2ccccc2)c2ccc(-c3nc4ccc(OCCCCOc5ccc(C(=C(c6ccccc6)c6ccccc6)c6ccccc6)cc5)cc4s3)cc2)cc1. The summed E-state index contributed by atoms with van der Waals surface area (Å²) in [6.07, 6.45) is 2.61. The molecule has 1 aromatic heterocycles. The van der Waals surface area contributed by atoms with E-state index in [-0.39, 0.29) is 0 Å². The van der Waals surface area contributed by atoms with Gasteiger partial charge in [-0.15, -0.1) is 11.3 Å². The Morgan fingerprint density at radius 1 is 0.484 bits per heavy atom. The smallest absolute Gasteiger partial charge is 0.150 e. The zero-order valence-electron chi connectivity index (χ0n) is 34.1. The molecule has 9 rings (SSSR count). The van der Waals surface area contributed by atoms with Crippen LogP contribution in [-0.4, -0.2) is 24.5 Å². The first-order chi connectivity index (χ1) is 30.7. The second kappa shape index (κ2) is 19.2. The summed E-state index contributed by atoms with van der Waals surface area (Å²) in [6.45, 7) is 1.21. The highest BCUT2D eigenvalue weighted by atomic mass is 32.1. The van der Waals surface area contributed by atoms with E-state index in [2.05, 4.69) is 163 Å². The second-order valence-electron chi connectivity index (χ2n) is 14.9. The second-order valence-corrected chi connectivity index (χ2v) is 15.9. The first-order valence-corrected chi connectivity index (χ1v) is 21.7. The molecule has 0 fully saturated rings. The van der Waals surface area contributed by atoms with Gasteiger partial charge in [0, 0.05) is 28.2 Å². The minimum Gasteiger partial charge on any atom is -0.494 e. The van der Waals surface area contributed by atoms with Gasteiger partial charge in [0.2, 0.25) is 0 Å². The van der Waals surface area contributed by atoms with E-state index in [1.54, 1.807) is 11.3 Å². The molecule has 8 aromatic carbocycles. The number of thiazole rings is 1. The Morgan fingerprint density at radius 3 is 1.47 bits per heavy atom. The quantitative estimate of drug-likeness (QED) is 0.0552. The molecule has 9 aromatic rings. The van der Waals surface area contributed by atoms with Crippen LogP contribution in [0.3, 0.4) is 0 Å². The van der Waals surface area contributed by atoms with Gasteiger partial charge in [0.05, 0.1) is 23.4 Å². The number of hydrogen-bond donors (Lipinski definition) is 0. The predicted octanol–water partition coefficient (Wildman–Crippen LogP) is 14.5. The van der Waals surface area contributed by atoms with Crippen LogP contribution in [0.4, 0.5) is 17.1 Å². The Bertz CT molecular complexity index is 2840. The average molecular weight is 825 g/mol. The van der Waals surface area contributed by atoms with Crippen molar-refractivity contribution in [1.29, 1.82) is 0 Å². The molecule has 0 atom stereocenters. The Morgan fingerprint density at radius 2 is 0.935 bits per heavy atom. The maximum atomic E-state index is 11.3. The van der Waals surface area contributed by atoms with Gasteiger partial charge in [0.1, 0.15) is 22.8 Å². The molecule has 1 heterocycles. The van der Waals surface area contributed by atoms with Gasteiger partial charge < -0.3 is 14.4 Å². The van der Waals surface area contributed by atoms with Crippen molar-refractivity contribution in [2.45, 2.75) is 12.8 Å². The number of nitrogens with zero attached hydrogens (tertiary/aromatic N) is 2. The molecule has 0 saturated carbocycles. The number of unbranched alkanes of at least 4 members (excludes halogenated alkanes) is 1. The highest BCUT2D eigenvalue weighted by molar-refractivity contribution is 7.21. The molecule has 0 N–H and O–H groups in total. The van der Waals surface area contributed by atoms with Crippen LogP contribution in [0, 0.1) is 0 Å². The van der Waals surface area contributed by atoms with E-state index in [0.717, 1.165) is 79.6 Å². The zero-order chi connectivity index (χ0) is 41.9. The topological polar surface area (TPSA) is 51.7 Å². The van der Waals surface area contributed by atoms with Crippen molar-refractivity contribution >= 4 is 56.0 Å². The summed E-state index contributed by atoms with van der Waals surface area (Å²) < 4.78 is 13.5. The van der Waals surface area contributed by atoms with Crippen LogP contribution in [0.5, 0.6) is 11.5 Å². The maximum Gasteiger partial charge on any atom is 0.150 e. The van der Waals surface area contributed by atoms with Crippen LogP contribution in [0.25, 0.3) is 31.9 Å². The molecule has 0 aliphatic heterocycles. The molecule has 6 heteroatoms. The number of benzene rings is 8. The van der Waals surface area contributed by atoms with Gasteiger partial charge in [-0.25, -0.2) is 4.98 Å². The Hall–Kier alpha value is -7.54. The van der Waals surface area contributed by atoms with E-state index in [1.807, 2.05) is 54.6 Å². The third-order valence-electron chi connectivity index (χ3n) is 10.7. The lowest BCUT2D eigenvalue weighted by Crippen LogP contribution is -2.09. The number of ether oxygens (including phenoxy) is 2. The lowest BCUT2D eigenvalue weighted by molar-refractivity contribution is 0.112. The fourth-order valence-electron chi connectivity index (χ4n) is 7.62. The number of hydrogen-bond acceptors (Lipinski definition) is 6. The molecular formula is C56H44N2O3S. The number of rotatable bonds is 16. The minimum absolute atomic E-state index is 0.601. The van der Waals surface area contributed by atoms with Crippen LogP contribution >= 0.6 is 11.3 Å². The van der Waals surface area contributed by atoms with E-state index < -0.39 is 0 Å². The summed E-state index contributed by atoms with van der Waals surface area (Å²) in [7, 11) is 0. The van der Waals surface area contributed by atoms with E-state index in [9.17, 15) is 4.79 Å². The molecule has 0 aliphatic carbocycles. The number of fused-ring (bicyclic) bond motifs is 1. The van der Waals surface area contributed by atoms with E-state index in [4.69, 9.17) is 14.5 Å². The van der Waals surface area contributed by atoms with Crippen LogP contribution in [0.1, 0.15) is 45.5 Å². The van der Waals surface area contributed by atoms with Crippen LogP contribution in [0.2, 0.25) is 0 Å². The summed E-state index contributed by atoms with van der Waals surface area (Å²) in [5, 5.41) is 0.954. The van der Waals surface area contributed by atoms with Gasteiger partial charge in [-0.3, -0.25) is 4.79 Å². The van der Waals surface area contributed by atoms with Gasteiger partial charge >= 0.3 is 0 Å².